The van der Waals surface area contributed by atoms with Crippen LogP contribution in [0.15, 0.2) is 48.8 Å². The lowest BCUT2D eigenvalue weighted by atomic mass is 10.1. The van der Waals surface area contributed by atoms with Crippen molar-refractivity contribution in [2.75, 3.05) is 7.11 Å². The molecule has 1 N–H and O–H groups in total. The second-order valence-electron chi connectivity index (χ2n) is 8.79. The summed E-state index contributed by atoms with van der Waals surface area (Å²) in [6, 6.07) is 11.3. The van der Waals surface area contributed by atoms with Crippen LogP contribution < -0.4 is 14.8 Å². The van der Waals surface area contributed by atoms with E-state index in [1.165, 1.54) is 6.42 Å². The lowest BCUT2D eigenvalue weighted by molar-refractivity contribution is 0.0952. The highest BCUT2D eigenvalue weighted by Crippen LogP contribution is 2.29. The number of pyridine rings is 2. The number of benzene rings is 1. The van der Waals surface area contributed by atoms with Crippen LogP contribution in [0.25, 0.3) is 11.2 Å². The van der Waals surface area contributed by atoms with Gasteiger partial charge in [-0.2, -0.15) is 0 Å². The molecular weight excluding hydrogens is 442 g/mol. The summed E-state index contributed by atoms with van der Waals surface area (Å²) in [7, 11) is 1.61. The maximum absolute atomic E-state index is 13.2. The number of nitrogens with zero attached hydrogens (tertiary/aromatic N) is 4. The molecule has 0 unspecified atom stereocenters. The highest BCUT2D eigenvalue weighted by Gasteiger charge is 2.21. The minimum Gasteiger partial charge on any atom is -0.493 e. The van der Waals surface area contributed by atoms with E-state index in [4.69, 9.17) is 19.4 Å². The predicted molar refractivity (Wildman–Crippen MR) is 133 cm³/mol. The number of methoxy groups -OCH3 is 1. The summed E-state index contributed by atoms with van der Waals surface area (Å²) < 4.78 is 13.6. The number of hydrogen-bond acceptors (Lipinski definition) is 6. The van der Waals surface area contributed by atoms with E-state index in [1.807, 2.05) is 43.3 Å². The number of ether oxygens (including phenoxy) is 2. The van der Waals surface area contributed by atoms with Gasteiger partial charge in [-0.3, -0.25) is 9.78 Å². The average Bonchev–Trinajstić information content (AvgIpc) is 3.06. The zero-order valence-corrected chi connectivity index (χ0v) is 20.1. The molecule has 1 amide bonds. The van der Waals surface area contributed by atoms with Crippen molar-refractivity contribution in [2.24, 2.45) is 0 Å². The Bertz CT molecular complexity index is 1350. The summed E-state index contributed by atoms with van der Waals surface area (Å²) in [5, 5.41) is 3.04. The maximum Gasteiger partial charge on any atom is 0.253 e. The van der Waals surface area contributed by atoms with Crippen LogP contribution in [-0.2, 0) is 26.1 Å². The van der Waals surface area contributed by atoms with Crippen LogP contribution in [0.1, 0.15) is 52.3 Å². The molecule has 8 nitrogen and oxygen atoms in total. The van der Waals surface area contributed by atoms with Crippen molar-refractivity contribution in [1.82, 2.24) is 24.8 Å². The maximum atomic E-state index is 13.2. The molecule has 35 heavy (non-hydrogen) atoms. The van der Waals surface area contributed by atoms with Crippen molar-refractivity contribution in [1.29, 1.82) is 0 Å². The van der Waals surface area contributed by atoms with E-state index in [0.29, 0.717) is 35.7 Å². The molecule has 1 aliphatic heterocycles. The van der Waals surface area contributed by atoms with Gasteiger partial charge in [-0.05, 0) is 61.2 Å². The Morgan fingerprint density at radius 3 is 2.71 bits per heavy atom. The zero-order valence-electron chi connectivity index (χ0n) is 20.1. The summed E-state index contributed by atoms with van der Waals surface area (Å²) >= 11 is 0. The number of hydrogen-bond donors (Lipinski definition) is 1. The van der Waals surface area contributed by atoms with Crippen LogP contribution >= 0.6 is 0 Å². The number of nitrogens with one attached hydrogen (secondary N) is 1. The monoisotopic (exact) mass is 471 g/mol. The van der Waals surface area contributed by atoms with Crippen molar-refractivity contribution in [3.05, 3.63) is 77.0 Å². The number of carbonyl (C=O) groups excluding carboxylic acids is 1. The first kappa shape index (κ1) is 22.8. The first-order valence-corrected chi connectivity index (χ1v) is 12.0. The molecule has 0 aliphatic carbocycles. The summed E-state index contributed by atoms with van der Waals surface area (Å²) in [5.41, 5.74) is 4.80. The van der Waals surface area contributed by atoms with Gasteiger partial charge in [0.1, 0.15) is 17.9 Å². The second kappa shape index (κ2) is 10.1. The van der Waals surface area contributed by atoms with Crippen molar-refractivity contribution in [2.45, 2.75) is 52.3 Å². The molecule has 0 fully saturated rings. The van der Waals surface area contributed by atoms with Crippen LogP contribution in [0.3, 0.4) is 0 Å². The summed E-state index contributed by atoms with van der Waals surface area (Å²) in [5.74, 6) is 2.12. The normalized spacial score (nSPS) is 13.2. The van der Waals surface area contributed by atoms with Crippen molar-refractivity contribution >= 4 is 17.1 Å². The highest BCUT2D eigenvalue weighted by molar-refractivity contribution is 6.04. The molecule has 4 aromatic rings. The number of aromatic nitrogens is 4. The molecular formula is C27H29N5O3. The largest absolute Gasteiger partial charge is 0.493 e. The molecule has 0 spiro atoms. The Labute approximate surface area is 204 Å². The van der Waals surface area contributed by atoms with Crippen LogP contribution in [0, 0.1) is 6.92 Å². The van der Waals surface area contributed by atoms with Crippen LogP contribution in [0.4, 0.5) is 0 Å². The molecule has 1 aliphatic rings. The molecule has 4 heterocycles. The smallest absolute Gasteiger partial charge is 0.253 e. The molecule has 5 rings (SSSR count). The fourth-order valence-corrected chi connectivity index (χ4v) is 4.45. The van der Waals surface area contributed by atoms with Crippen molar-refractivity contribution < 1.29 is 14.3 Å². The zero-order chi connectivity index (χ0) is 24.2. The minimum absolute atomic E-state index is 0.161. The molecule has 0 saturated carbocycles. The quantitative estimate of drug-likeness (QED) is 0.430. The van der Waals surface area contributed by atoms with Gasteiger partial charge in [-0.1, -0.05) is 12.5 Å². The highest BCUT2D eigenvalue weighted by atomic mass is 16.5. The van der Waals surface area contributed by atoms with Crippen molar-refractivity contribution in [3.8, 4) is 11.5 Å². The number of rotatable bonds is 7. The van der Waals surface area contributed by atoms with E-state index >= 15 is 0 Å². The van der Waals surface area contributed by atoms with E-state index in [2.05, 4.69) is 14.9 Å². The van der Waals surface area contributed by atoms with E-state index in [1.54, 1.807) is 19.5 Å². The molecule has 0 atom stereocenters. The summed E-state index contributed by atoms with van der Waals surface area (Å²) in [4.78, 5) is 26.7. The Kier molecular flexibility index (Phi) is 6.61. The standard InChI is InChI=1S/C27H29N5O3/c1-18-14-21(25-26(30-18)32-13-5-3-4-6-24(32)31-25)27(33)29-16-20-7-8-22(23(15-20)34-2)35-17-19-9-11-28-12-10-19/h7-12,14-15H,3-6,13,16-17H2,1-2H3,(H,29,33). The topological polar surface area (TPSA) is 91.2 Å². The number of fused-ring (bicyclic) bond motifs is 3. The lowest BCUT2D eigenvalue weighted by Gasteiger charge is -2.13. The van der Waals surface area contributed by atoms with Gasteiger partial charge in [0, 0.05) is 37.6 Å². The van der Waals surface area contributed by atoms with E-state index < -0.39 is 0 Å². The van der Waals surface area contributed by atoms with Crippen LogP contribution in [-0.4, -0.2) is 32.5 Å². The second-order valence-corrected chi connectivity index (χ2v) is 8.79. The Morgan fingerprint density at radius 1 is 1.03 bits per heavy atom. The van der Waals surface area contributed by atoms with Gasteiger partial charge in [0.2, 0.25) is 0 Å². The molecule has 3 aromatic heterocycles. The predicted octanol–water partition coefficient (Wildman–Crippen LogP) is 4.38. The number of aryl methyl sites for hydroxylation is 3. The van der Waals surface area contributed by atoms with Crippen LogP contribution in [0.5, 0.6) is 11.5 Å². The third-order valence-electron chi connectivity index (χ3n) is 6.26. The molecule has 8 heteroatoms. The van der Waals surface area contributed by atoms with Gasteiger partial charge < -0.3 is 19.4 Å². The summed E-state index contributed by atoms with van der Waals surface area (Å²) in [6.07, 6.45) is 7.82. The summed E-state index contributed by atoms with van der Waals surface area (Å²) in [6.45, 7) is 3.60. The van der Waals surface area contributed by atoms with E-state index in [-0.39, 0.29) is 5.91 Å². The van der Waals surface area contributed by atoms with Crippen molar-refractivity contribution in [3.63, 3.8) is 0 Å². The third-order valence-corrected chi connectivity index (χ3v) is 6.26. The Morgan fingerprint density at radius 2 is 1.89 bits per heavy atom. The molecule has 0 radical (unpaired) electrons. The SMILES string of the molecule is COc1cc(CNC(=O)c2cc(C)nc3c2nc2n3CCCCC2)ccc1OCc1ccncc1. The van der Waals surface area contributed by atoms with Gasteiger partial charge in [0.05, 0.1) is 12.7 Å². The first-order valence-electron chi connectivity index (χ1n) is 12.0. The fraction of sp³-hybridized carbons (Fsp3) is 0.333. The molecule has 180 valence electrons. The molecule has 0 saturated heterocycles. The Balaban J connectivity index is 1.31. The number of imidazole rings is 1. The van der Waals surface area contributed by atoms with Gasteiger partial charge in [0.25, 0.3) is 5.91 Å². The van der Waals surface area contributed by atoms with Gasteiger partial charge in [0.15, 0.2) is 17.1 Å². The lowest BCUT2D eigenvalue weighted by Crippen LogP contribution is -2.23. The molecule has 1 aromatic carbocycles. The van der Waals surface area contributed by atoms with Gasteiger partial charge >= 0.3 is 0 Å². The van der Waals surface area contributed by atoms with E-state index in [9.17, 15) is 4.79 Å². The molecule has 0 bridgehead atoms. The van der Waals surface area contributed by atoms with Gasteiger partial charge in [-0.15, -0.1) is 0 Å². The van der Waals surface area contributed by atoms with Gasteiger partial charge in [-0.25, -0.2) is 9.97 Å². The minimum atomic E-state index is -0.161. The van der Waals surface area contributed by atoms with E-state index in [0.717, 1.165) is 54.1 Å². The number of amides is 1. The average molecular weight is 472 g/mol. The first-order chi connectivity index (χ1) is 17.1. The van der Waals surface area contributed by atoms with Crippen LogP contribution in [0.2, 0.25) is 0 Å². The third kappa shape index (κ3) is 4.96. The fourth-order valence-electron chi connectivity index (χ4n) is 4.45. The Hall–Kier alpha value is -3.94. The number of carbonyl (C=O) groups is 1.